The molecule has 0 spiro atoms. The van der Waals surface area contributed by atoms with Crippen molar-refractivity contribution in [2.45, 2.75) is 32.6 Å². The molecule has 0 saturated carbocycles. The van der Waals surface area contributed by atoms with Crippen molar-refractivity contribution < 1.29 is 9.90 Å². The lowest BCUT2D eigenvalue weighted by Crippen LogP contribution is -2.21. The quantitative estimate of drug-likeness (QED) is 0.779. The third kappa shape index (κ3) is 2.69. The molecule has 1 aliphatic carbocycles. The van der Waals surface area contributed by atoms with Gasteiger partial charge >= 0.3 is 0 Å². The molecule has 2 heterocycles. The Bertz CT molecular complexity index is 957. The second-order valence-corrected chi connectivity index (χ2v) is 6.45. The first-order valence-electron chi connectivity index (χ1n) is 8.23. The van der Waals surface area contributed by atoms with Gasteiger partial charge in [-0.05, 0) is 38.0 Å². The molecule has 3 aromatic rings. The highest BCUT2D eigenvalue weighted by Crippen LogP contribution is 2.36. The van der Waals surface area contributed by atoms with Crippen molar-refractivity contribution in [2.24, 2.45) is 0 Å². The maximum Gasteiger partial charge on any atom is 0.251 e. The fourth-order valence-electron chi connectivity index (χ4n) is 3.47. The Morgan fingerprint density at radius 3 is 2.56 bits per heavy atom. The van der Waals surface area contributed by atoms with E-state index in [4.69, 9.17) is 0 Å². The van der Waals surface area contributed by atoms with E-state index < -0.39 is 0 Å². The number of aryl methyl sites for hydroxylation is 2. The molecule has 1 aromatic carbocycles. The number of hydrogen-bond donors (Lipinski definition) is 1. The molecule has 25 heavy (non-hydrogen) atoms. The van der Waals surface area contributed by atoms with Crippen molar-refractivity contribution in [1.29, 1.82) is 0 Å². The Balaban J connectivity index is 1.79. The molecular formula is C19H18N4O2. The Kier molecular flexibility index (Phi) is 3.60. The number of benzene rings is 1. The normalized spacial score (nSPS) is 16.7. The van der Waals surface area contributed by atoms with Crippen LogP contribution in [-0.4, -0.2) is 30.6 Å². The molecule has 4 rings (SSSR count). The first-order valence-corrected chi connectivity index (χ1v) is 8.23. The Hall–Kier alpha value is -3.02. The monoisotopic (exact) mass is 334 g/mol. The highest BCUT2D eigenvalue weighted by Gasteiger charge is 2.31. The summed E-state index contributed by atoms with van der Waals surface area (Å²) in [5.74, 6) is 0.648. The van der Waals surface area contributed by atoms with Gasteiger partial charge in [-0.2, -0.15) is 5.10 Å². The van der Waals surface area contributed by atoms with Gasteiger partial charge in [0.1, 0.15) is 5.75 Å². The van der Waals surface area contributed by atoms with Crippen LogP contribution in [0.15, 0.2) is 36.5 Å². The number of carbonyl (C=O) groups excluding carboxylic acids is 1. The molecule has 1 N–H and O–H groups in total. The zero-order valence-corrected chi connectivity index (χ0v) is 14.1. The molecule has 2 aromatic heterocycles. The third-order valence-electron chi connectivity index (χ3n) is 4.58. The van der Waals surface area contributed by atoms with Gasteiger partial charge in [-0.25, -0.2) is 14.6 Å². The van der Waals surface area contributed by atoms with Crippen LogP contribution in [0, 0.1) is 13.8 Å². The largest absolute Gasteiger partial charge is 0.508 e. The van der Waals surface area contributed by atoms with E-state index in [9.17, 15) is 9.90 Å². The van der Waals surface area contributed by atoms with Gasteiger partial charge in [0.05, 0.1) is 17.5 Å². The molecule has 0 bridgehead atoms. The second-order valence-electron chi connectivity index (χ2n) is 6.45. The lowest BCUT2D eigenvalue weighted by Gasteiger charge is -2.23. The number of para-hydroxylation sites is 1. The minimum Gasteiger partial charge on any atom is -0.508 e. The summed E-state index contributed by atoms with van der Waals surface area (Å²) < 4.78 is 1.65. The van der Waals surface area contributed by atoms with Crippen LogP contribution < -0.4 is 0 Å². The van der Waals surface area contributed by atoms with E-state index in [0.29, 0.717) is 24.4 Å². The van der Waals surface area contributed by atoms with Crippen molar-refractivity contribution in [3.8, 4) is 11.7 Å². The Labute approximate surface area is 145 Å². The SMILES string of the molecule is Cc1cc(C)nc(-n2ncc3c2CC(c2ccccc2O)CC3=O)n1. The lowest BCUT2D eigenvalue weighted by molar-refractivity contribution is 0.0963. The fourth-order valence-corrected chi connectivity index (χ4v) is 3.47. The van der Waals surface area contributed by atoms with E-state index >= 15 is 0 Å². The number of hydrogen-bond acceptors (Lipinski definition) is 5. The van der Waals surface area contributed by atoms with E-state index in [0.717, 1.165) is 22.6 Å². The minimum absolute atomic E-state index is 0.0325. The average molecular weight is 334 g/mol. The smallest absolute Gasteiger partial charge is 0.251 e. The summed E-state index contributed by atoms with van der Waals surface area (Å²) in [5, 5.41) is 14.5. The molecule has 6 heteroatoms. The second kappa shape index (κ2) is 5.81. The van der Waals surface area contributed by atoms with Crippen molar-refractivity contribution in [1.82, 2.24) is 19.7 Å². The summed E-state index contributed by atoms with van der Waals surface area (Å²) in [7, 11) is 0. The Morgan fingerprint density at radius 2 is 1.84 bits per heavy atom. The van der Waals surface area contributed by atoms with Crippen LogP contribution in [-0.2, 0) is 6.42 Å². The number of phenols is 1. The zero-order chi connectivity index (χ0) is 17.6. The summed E-state index contributed by atoms with van der Waals surface area (Å²) in [5.41, 5.74) is 3.91. The molecule has 1 unspecified atom stereocenters. The molecule has 0 radical (unpaired) electrons. The van der Waals surface area contributed by atoms with Crippen LogP contribution in [0.25, 0.3) is 5.95 Å². The van der Waals surface area contributed by atoms with Gasteiger partial charge in [0, 0.05) is 23.7 Å². The zero-order valence-electron chi connectivity index (χ0n) is 14.1. The molecular weight excluding hydrogens is 316 g/mol. The van der Waals surface area contributed by atoms with Crippen LogP contribution >= 0.6 is 0 Å². The number of ketones is 1. The van der Waals surface area contributed by atoms with Crippen LogP contribution in [0.4, 0.5) is 0 Å². The number of nitrogens with zero attached hydrogens (tertiary/aromatic N) is 4. The molecule has 0 fully saturated rings. The first-order chi connectivity index (χ1) is 12.0. The first kappa shape index (κ1) is 15.5. The maximum atomic E-state index is 12.6. The molecule has 0 saturated heterocycles. The summed E-state index contributed by atoms with van der Waals surface area (Å²) in [6, 6.07) is 9.07. The molecule has 1 atom stereocenters. The summed E-state index contributed by atoms with van der Waals surface area (Å²) in [6.07, 6.45) is 2.57. The molecule has 1 aliphatic rings. The van der Waals surface area contributed by atoms with Crippen LogP contribution in [0.5, 0.6) is 5.75 Å². The highest BCUT2D eigenvalue weighted by molar-refractivity contribution is 5.98. The van der Waals surface area contributed by atoms with Crippen molar-refractivity contribution in [3.63, 3.8) is 0 Å². The summed E-state index contributed by atoms with van der Waals surface area (Å²) >= 11 is 0. The number of aromatic hydroxyl groups is 1. The van der Waals surface area contributed by atoms with Gasteiger partial charge in [-0.15, -0.1) is 0 Å². The van der Waals surface area contributed by atoms with Crippen molar-refractivity contribution in [3.05, 3.63) is 64.7 Å². The van der Waals surface area contributed by atoms with Crippen LogP contribution in [0.3, 0.4) is 0 Å². The molecule has 0 aliphatic heterocycles. The number of fused-ring (bicyclic) bond motifs is 1. The topological polar surface area (TPSA) is 80.9 Å². The van der Waals surface area contributed by atoms with E-state index in [1.165, 1.54) is 0 Å². The fraction of sp³-hybridized carbons (Fsp3) is 0.263. The van der Waals surface area contributed by atoms with Gasteiger partial charge in [0.25, 0.3) is 5.95 Å². The Morgan fingerprint density at radius 1 is 1.12 bits per heavy atom. The third-order valence-corrected chi connectivity index (χ3v) is 4.58. The van der Waals surface area contributed by atoms with Crippen molar-refractivity contribution in [2.75, 3.05) is 0 Å². The predicted molar refractivity (Wildman–Crippen MR) is 92.1 cm³/mol. The predicted octanol–water partition coefficient (Wildman–Crippen LogP) is 2.90. The van der Waals surface area contributed by atoms with Crippen molar-refractivity contribution >= 4 is 5.78 Å². The molecule has 6 nitrogen and oxygen atoms in total. The van der Waals surface area contributed by atoms with E-state index in [1.54, 1.807) is 23.0 Å². The van der Waals surface area contributed by atoms with Crippen LogP contribution in [0.1, 0.15) is 45.3 Å². The van der Waals surface area contributed by atoms with E-state index in [2.05, 4.69) is 15.1 Å². The molecule has 126 valence electrons. The number of Topliss-reactive ketones (excluding diaryl/α,β-unsaturated/α-hetero) is 1. The van der Waals surface area contributed by atoms with Crippen LogP contribution in [0.2, 0.25) is 0 Å². The number of rotatable bonds is 2. The van der Waals surface area contributed by atoms with Gasteiger partial charge in [-0.3, -0.25) is 4.79 Å². The van der Waals surface area contributed by atoms with Gasteiger partial charge < -0.3 is 5.11 Å². The van der Waals surface area contributed by atoms with Gasteiger partial charge in [0.2, 0.25) is 0 Å². The molecule has 0 amide bonds. The number of phenolic OH excluding ortho intramolecular Hbond substituents is 1. The number of carbonyl (C=O) groups is 1. The highest BCUT2D eigenvalue weighted by atomic mass is 16.3. The number of aromatic nitrogens is 4. The summed E-state index contributed by atoms with van der Waals surface area (Å²) in [6.45, 7) is 3.81. The average Bonchev–Trinajstić information content (AvgIpc) is 2.99. The minimum atomic E-state index is -0.0810. The standard InChI is InChI=1S/C19H18N4O2/c1-11-7-12(2)22-19(21-11)23-16-8-13(9-18(25)15(16)10-20-23)14-5-3-4-6-17(14)24/h3-7,10,13,24H,8-9H2,1-2H3. The lowest BCUT2D eigenvalue weighted by atomic mass is 9.82. The summed E-state index contributed by atoms with van der Waals surface area (Å²) in [4.78, 5) is 21.5. The van der Waals surface area contributed by atoms with Gasteiger partial charge in [-0.1, -0.05) is 18.2 Å². The van der Waals surface area contributed by atoms with E-state index in [1.807, 2.05) is 32.0 Å². The maximum absolute atomic E-state index is 12.6. The van der Waals surface area contributed by atoms with Gasteiger partial charge in [0.15, 0.2) is 5.78 Å². The van der Waals surface area contributed by atoms with E-state index in [-0.39, 0.29) is 17.5 Å².